The third kappa shape index (κ3) is 4.46. The quantitative estimate of drug-likeness (QED) is 0.499. The molecule has 2 amide bonds. The van der Waals surface area contributed by atoms with Crippen LogP contribution < -0.4 is 10.2 Å². The molecular formula is C25H28FN5O4. The first kappa shape index (κ1) is 23.3. The number of nitrogens with zero attached hydrogens (tertiary/aromatic N) is 3. The highest BCUT2D eigenvalue weighted by Gasteiger charge is 2.35. The number of ether oxygens (including phenoxy) is 1. The Balaban J connectivity index is 1.48. The molecule has 2 aliphatic rings. The van der Waals surface area contributed by atoms with Gasteiger partial charge in [-0.05, 0) is 43.7 Å². The van der Waals surface area contributed by atoms with Crippen molar-refractivity contribution in [2.24, 2.45) is 0 Å². The van der Waals surface area contributed by atoms with E-state index in [0.717, 1.165) is 5.52 Å². The van der Waals surface area contributed by atoms with Crippen molar-refractivity contribution in [1.29, 1.82) is 0 Å². The van der Waals surface area contributed by atoms with Gasteiger partial charge >= 0.3 is 0 Å². The van der Waals surface area contributed by atoms with Crippen LogP contribution in [0, 0.1) is 0 Å². The minimum Gasteiger partial charge on any atom is -0.387 e. The fourth-order valence-electron chi connectivity index (χ4n) is 4.48. The molecule has 3 N–H and O–H groups in total. The summed E-state index contributed by atoms with van der Waals surface area (Å²) in [4.78, 5) is 37.1. The number of hydrogen-bond acceptors (Lipinski definition) is 6. The van der Waals surface area contributed by atoms with Crippen LogP contribution >= 0.6 is 0 Å². The number of rotatable bonds is 6. The van der Waals surface area contributed by atoms with Crippen molar-refractivity contribution in [2.45, 2.75) is 32.2 Å². The van der Waals surface area contributed by atoms with Crippen molar-refractivity contribution in [2.75, 3.05) is 43.1 Å². The molecule has 184 valence electrons. The number of aromatic nitrogens is 2. The maximum atomic E-state index is 14.5. The number of benzene rings is 2. The molecule has 2 aromatic carbocycles. The molecule has 5 rings (SSSR count). The van der Waals surface area contributed by atoms with Crippen molar-refractivity contribution in [3.63, 3.8) is 0 Å². The first-order valence-corrected chi connectivity index (χ1v) is 11.6. The average Bonchev–Trinajstić information content (AvgIpc) is 3.43. The van der Waals surface area contributed by atoms with Gasteiger partial charge in [-0.3, -0.25) is 9.59 Å². The number of carbonyl (C=O) groups excluding carboxylic acids is 2. The number of imidazole rings is 1. The van der Waals surface area contributed by atoms with Gasteiger partial charge in [-0.15, -0.1) is 0 Å². The van der Waals surface area contributed by atoms with Gasteiger partial charge in [0.2, 0.25) is 0 Å². The SMILES string of the molecule is CC(C)(O)[C@H](F)CN1Cc2cc(NC(=O)c3cccc4[nH]cnc34)c(N3CCOCC3)cc2C1=O. The van der Waals surface area contributed by atoms with E-state index in [4.69, 9.17) is 4.74 Å². The summed E-state index contributed by atoms with van der Waals surface area (Å²) in [5.74, 6) is -0.607. The Morgan fingerprint density at radius 3 is 2.83 bits per heavy atom. The molecule has 0 radical (unpaired) electrons. The number of para-hydroxylation sites is 1. The van der Waals surface area contributed by atoms with E-state index in [0.29, 0.717) is 59.9 Å². The molecule has 0 unspecified atom stereocenters. The topological polar surface area (TPSA) is 111 Å². The smallest absolute Gasteiger partial charge is 0.257 e. The summed E-state index contributed by atoms with van der Waals surface area (Å²) in [5, 5.41) is 13.0. The molecule has 3 aromatic rings. The van der Waals surface area contributed by atoms with Gasteiger partial charge in [-0.1, -0.05) is 6.07 Å². The fraction of sp³-hybridized carbons (Fsp3) is 0.400. The van der Waals surface area contributed by atoms with E-state index in [9.17, 15) is 19.1 Å². The molecule has 10 heteroatoms. The van der Waals surface area contributed by atoms with Crippen LogP contribution in [0.25, 0.3) is 11.0 Å². The molecule has 1 aromatic heterocycles. The number of anilines is 2. The third-order valence-corrected chi connectivity index (χ3v) is 6.54. The Morgan fingerprint density at radius 1 is 1.31 bits per heavy atom. The lowest BCUT2D eigenvalue weighted by Gasteiger charge is -2.31. The van der Waals surface area contributed by atoms with Crippen molar-refractivity contribution >= 4 is 34.2 Å². The minimum atomic E-state index is -1.59. The Morgan fingerprint density at radius 2 is 2.09 bits per heavy atom. The van der Waals surface area contributed by atoms with Crippen LogP contribution in [-0.2, 0) is 11.3 Å². The Labute approximate surface area is 201 Å². The van der Waals surface area contributed by atoms with Gasteiger partial charge in [-0.25, -0.2) is 9.37 Å². The molecule has 0 bridgehead atoms. The molecule has 1 saturated heterocycles. The highest BCUT2D eigenvalue weighted by molar-refractivity contribution is 6.13. The van der Waals surface area contributed by atoms with E-state index in [1.54, 1.807) is 30.6 Å². The molecule has 9 nitrogen and oxygen atoms in total. The summed E-state index contributed by atoms with van der Waals surface area (Å²) in [6.45, 7) is 5.04. The van der Waals surface area contributed by atoms with Gasteiger partial charge in [0.15, 0.2) is 0 Å². The molecule has 2 aliphatic heterocycles. The van der Waals surface area contributed by atoms with Gasteiger partial charge in [-0.2, -0.15) is 0 Å². The standard InChI is InChI=1S/C25H28FN5O4/c1-25(2,34)21(26)13-31-12-15-10-19(20(11-17(15)24(31)33)30-6-8-35-9-7-30)29-23(32)16-4-3-5-18-22(16)28-14-27-18/h3-5,10-11,14,21,34H,6-9,12-13H2,1-2H3,(H,27,28)(H,29,32)/t21-/m1/s1. The Hall–Kier alpha value is -3.50. The number of hydrogen-bond donors (Lipinski definition) is 3. The van der Waals surface area contributed by atoms with E-state index >= 15 is 0 Å². The number of aromatic amines is 1. The maximum Gasteiger partial charge on any atom is 0.257 e. The lowest BCUT2D eigenvalue weighted by Crippen LogP contribution is -2.42. The number of nitrogens with one attached hydrogen (secondary N) is 2. The Bertz CT molecular complexity index is 1280. The first-order valence-electron chi connectivity index (χ1n) is 11.6. The predicted molar refractivity (Wildman–Crippen MR) is 129 cm³/mol. The number of halogens is 1. The van der Waals surface area contributed by atoms with Gasteiger partial charge < -0.3 is 29.9 Å². The van der Waals surface area contributed by atoms with Crippen LogP contribution in [0.4, 0.5) is 15.8 Å². The van der Waals surface area contributed by atoms with E-state index in [2.05, 4.69) is 20.2 Å². The number of amides is 2. The molecule has 0 aliphatic carbocycles. The highest BCUT2D eigenvalue weighted by atomic mass is 19.1. The number of H-pyrrole nitrogens is 1. The van der Waals surface area contributed by atoms with E-state index in [-0.39, 0.29) is 24.9 Å². The van der Waals surface area contributed by atoms with Gasteiger partial charge in [0, 0.05) is 25.2 Å². The third-order valence-electron chi connectivity index (χ3n) is 6.54. The summed E-state index contributed by atoms with van der Waals surface area (Å²) in [7, 11) is 0. The number of aliphatic hydroxyl groups is 1. The first-order chi connectivity index (χ1) is 16.7. The minimum absolute atomic E-state index is 0.200. The summed E-state index contributed by atoms with van der Waals surface area (Å²) in [6, 6.07) is 8.90. The van der Waals surface area contributed by atoms with Gasteiger partial charge in [0.1, 0.15) is 11.7 Å². The monoisotopic (exact) mass is 481 g/mol. The molecule has 0 saturated carbocycles. The average molecular weight is 482 g/mol. The highest BCUT2D eigenvalue weighted by Crippen LogP contribution is 2.36. The second-order valence-electron chi connectivity index (χ2n) is 9.49. The number of fused-ring (bicyclic) bond motifs is 2. The normalized spacial score (nSPS) is 17.1. The summed E-state index contributed by atoms with van der Waals surface area (Å²) in [5.41, 5.74) is 2.65. The van der Waals surface area contributed by atoms with E-state index in [1.807, 2.05) is 6.07 Å². The van der Waals surface area contributed by atoms with Crippen LogP contribution in [0.1, 0.15) is 40.1 Å². The maximum absolute atomic E-state index is 14.5. The molecule has 0 spiro atoms. The van der Waals surface area contributed by atoms with Gasteiger partial charge in [0.05, 0.1) is 54.1 Å². The molecule has 35 heavy (non-hydrogen) atoms. The van der Waals surface area contributed by atoms with Crippen LogP contribution in [-0.4, -0.2) is 76.4 Å². The lowest BCUT2D eigenvalue weighted by molar-refractivity contribution is -0.0159. The van der Waals surface area contributed by atoms with Crippen molar-refractivity contribution < 1.29 is 23.8 Å². The van der Waals surface area contributed by atoms with E-state index in [1.165, 1.54) is 18.7 Å². The zero-order valence-electron chi connectivity index (χ0n) is 19.7. The summed E-state index contributed by atoms with van der Waals surface area (Å²) in [6.07, 6.45) is -0.0462. The van der Waals surface area contributed by atoms with Crippen molar-refractivity contribution in [3.05, 3.63) is 53.3 Å². The zero-order chi connectivity index (χ0) is 24.7. The molecule has 1 fully saturated rings. The van der Waals surface area contributed by atoms with Crippen LogP contribution in [0.15, 0.2) is 36.7 Å². The predicted octanol–water partition coefficient (Wildman–Crippen LogP) is 2.72. The fourth-order valence-corrected chi connectivity index (χ4v) is 4.48. The summed E-state index contributed by atoms with van der Waals surface area (Å²) >= 11 is 0. The van der Waals surface area contributed by atoms with Crippen LogP contribution in [0.2, 0.25) is 0 Å². The van der Waals surface area contributed by atoms with Crippen molar-refractivity contribution in [1.82, 2.24) is 14.9 Å². The van der Waals surface area contributed by atoms with Crippen LogP contribution in [0.3, 0.4) is 0 Å². The molecule has 1 atom stereocenters. The second kappa shape index (κ2) is 8.94. The number of alkyl halides is 1. The summed E-state index contributed by atoms with van der Waals surface area (Å²) < 4.78 is 20.0. The molecular weight excluding hydrogens is 453 g/mol. The molecule has 3 heterocycles. The largest absolute Gasteiger partial charge is 0.387 e. The van der Waals surface area contributed by atoms with Gasteiger partial charge in [0.25, 0.3) is 11.8 Å². The number of carbonyl (C=O) groups is 2. The van der Waals surface area contributed by atoms with Crippen molar-refractivity contribution in [3.8, 4) is 0 Å². The Kier molecular flexibility index (Phi) is 5.94. The lowest BCUT2D eigenvalue weighted by atomic mass is 10.0. The zero-order valence-corrected chi connectivity index (χ0v) is 19.7. The second-order valence-corrected chi connectivity index (χ2v) is 9.49. The van der Waals surface area contributed by atoms with E-state index < -0.39 is 11.8 Å². The number of morpholine rings is 1. The van der Waals surface area contributed by atoms with Crippen LogP contribution in [0.5, 0.6) is 0 Å².